The number of hydrogen-bond acceptors (Lipinski definition) is 3. The van der Waals surface area contributed by atoms with Crippen LogP contribution in [0.4, 0.5) is 0 Å². The third kappa shape index (κ3) is 2.52. The van der Waals surface area contributed by atoms with Crippen LogP contribution in [-0.4, -0.2) is 14.9 Å². The molecule has 0 aliphatic heterocycles. The Morgan fingerprint density at radius 2 is 2.24 bits per heavy atom. The van der Waals surface area contributed by atoms with Crippen LogP contribution < -0.4 is 0 Å². The summed E-state index contributed by atoms with van der Waals surface area (Å²) in [5.41, 5.74) is 3.34. The molecule has 1 heterocycles. The summed E-state index contributed by atoms with van der Waals surface area (Å²) in [6, 6.07) is 11.4. The van der Waals surface area contributed by atoms with Gasteiger partial charge in [-0.2, -0.15) is 10.4 Å². The lowest BCUT2D eigenvalue weighted by molar-refractivity contribution is 0.275. The van der Waals surface area contributed by atoms with Crippen LogP contribution in [-0.2, 0) is 13.2 Å². The van der Waals surface area contributed by atoms with Gasteiger partial charge < -0.3 is 5.11 Å². The summed E-state index contributed by atoms with van der Waals surface area (Å²) >= 11 is 0. The molecule has 0 saturated carbocycles. The van der Waals surface area contributed by atoms with Gasteiger partial charge in [0, 0.05) is 5.69 Å². The van der Waals surface area contributed by atoms with Crippen LogP contribution in [0.2, 0.25) is 0 Å². The maximum absolute atomic E-state index is 9.00. The molecule has 1 N–H and O–H groups in total. The van der Waals surface area contributed by atoms with E-state index in [1.165, 1.54) is 0 Å². The van der Waals surface area contributed by atoms with Gasteiger partial charge in [0.25, 0.3) is 0 Å². The Hall–Kier alpha value is -2.12. The number of nitriles is 1. The lowest BCUT2D eigenvalue weighted by Crippen LogP contribution is -2.04. The summed E-state index contributed by atoms with van der Waals surface area (Å²) in [5.74, 6) is 0. The van der Waals surface area contributed by atoms with Crippen molar-refractivity contribution in [2.45, 2.75) is 20.1 Å². The van der Waals surface area contributed by atoms with Gasteiger partial charge in [-0.3, -0.25) is 4.68 Å². The number of aliphatic hydroxyl groups is 1. The zero-order valence-corrected chi connectivity index (χ0v) is 9.59. The third-order valence-corrected chi connectivity index (χ3v) is 2.58. The number of nitrogens with zero attached hydrogens (tertiary/aromatic N) is 3. The van der Waals surface area contributed by atoms with Gasteiger partial charge in [-0.1, -0.05) is 12.1 Å². The molecular formula is C13H13N3O. The molecule has 0 atom stereocenters. The van der Waals surface area contributed by atoms with Crippen molar-refractivity contribution >= 4 is 0 Å². The van der Waals surface area contributed by atoms with E-state index in [1.807, 2.05) is 35.9 Å². The number of benzene rings is 1. The summed E-state index contributed by atoms with van der Waals surface area (Å²) in [6.45, 7) is 2.51. The topological polar surface area (TPSA) is 61.8 Å². The molecule has 0 spiro atoms. The van der Waals surface area contributed by atoms with E-state index < -0.39 is 0 Å². The molecule has 0 fully saturated rings. The van der Waals surface area contributed by atoms with Crippen molar-refractivity contribution in [1.82, 2.24) is 9.78 Å². The molecule has 0 amide bonds. The second kappa shape index (κ2) is 4.81. The van der Waals surface area contributed by atoms with Crippen LogP contribution in [0, 0.1) is 18.3 Å². The highest BCUT2D eigenvalue weighted by atomic mass is 16.3. The fourth-order valence-electron chi connectivity index (χ4n) is 1.73. The molecule has 0 aliphatic carbocycles. The summed E-state index contributed by atoms with van der Waals surface area (Å²) in [5, 5.41) is 22.1. The lowest BCUT2D eigenvalue weighted by Gasteiger charge is -2.04. The van der Waals surface area contributed by atoms with Gasteiger partial charge in [-0.25, -0.2) is 0 Å². The molecule has 86 valence electrons. The molecule has 0 saturated heterocycles. The van der Waals surface area contributed by atoms with Crippen molar-refractivity contribution in [3.05, 3.63) is 52.8 Å². The zero-order valence-electron chi connectivity index (χ0n) is 9.59. The van der Waals surface area contributed by atoms with Crippen molar-refractivity contribution in [3.63, 3.8) is 0 Å². The molecule has 0 bridgehead atoms. The molecule has 2 rings (SSSR count). The molecule has 0 radical (unpaired) electrons. The monoisotopic (exact) mass is 227 g/mol. The predicted molar refractivity (Wildman–Crippen MR) is 63.1 cm³/mol. The van der Waals surface area contributed by atoms with Gasteiger partial charge in [0.1, 0.15) is 0 Å². The first kappa shape index (κ1) is 11.4. The predicted octanol–water partition coefficient (Wildman–Crippen LogP) is 1.60. The molecule has 0 unspecified atom stereocenters. The quantitative estimate of drug-likeness (QED) is 0.866. The summed E-state index contributed by atoms with van der Waals surface area (Å²) < 4.78 is 1.82. The van der Waals surface area contributed by atoms with E-state index in [2.05, 4.69) is 11.2 Å². The Morgan fingerprint density at radius 3 is 2.88 bits per heavy atom. The Bertz CT molecular complexity index is 566. The molecule has 4 heteroatoms. The Kier molecular flexibility index (Phi) is 3.22. The van der Waals surface area contributed by atoms with Crippen molar-refractivity contribution in [1.29, 1.82) is 5.26 Å². The maximum atomic E-state index is 9.00. The van der Waals surface area contributed by atoms with E-state index in [-0.39, 0.29) is 6.61 Å². The largest absolute Gasteiger partial charge is 0.390 e. The van der Waals surface area contributed by atoms with Crippen molar-refractivity contribution in [2.24, 2.45) is 0 Å². The van der Waals surface area contributed by atoms with E-state index in [0.29, 0.717) is 17.8 Å². The number of rotatable bonds is 3. The van der Waals surface area contributed by atoms with Crippen LogP contribution in [0.5, 0.6) is 0 Å². The minimum absolute atomic E-state index is 0.0495. The average molecular weight is 227 g/mol. The Labute approximate surface area is 99.7 Å². The van der Waals surface area contributed by atoms with Gasteiger partial charge in [-0.05, 0) is 30.7 Å². The molecule has 4 nitrogen and oxygen atoms in total. The number of aryl methyl sites for hydroxylation is 1. The molecule has 0 aliphatic rings. The van der Waals surface area contributed by atoms with Gasteiger partial charge in [-0.15, -0.1) is 0 Å². The first-order chi connectivity index (χ1) is 8.22. The maximum Gasteiger partial charge on any atom is 0.0991 e. The normalized spacial score (nSPS) is 10.2. The minimum atomic E-state index is -0.0495. The van der Waals surface area contributed by atoms with Crippen LogP contribution >= 0.6 is 0 Å². The van der Waals surface area contributed by atoms with Gasteiger partial charge in [0.05, 0.1) is 30.5 Å². The summed E-state index contributed by atoms with van der Waals surface area (Å²) in [7, 11) is 0. The zero-order chi connectivity index (χ0) is 12.3. The molecule has 1 aromatic heterocycles. The molecule has 1 aromatic carbocycles. The SMILES string of the molecule is Cc1cc(CO)nn1Cc1cccc(C#N)c1. The first-order valence-electron chi connectivity index (χ1n) is 5.36. The molecular weight excluding hydrogens is 214 g/mol. The number of aliphatic hydroxyl groups excluding tert-OH is 1. The fraction of sp³-hybridized carbons (Fsp3) is 0.231. The standard InChI is InChI=1S/C13H13N3O/c1-10-5-13(9-17)15-16(10)8-12-4-2-3-11(6-12)7-14/h2-6,17H,8-9H2,1H3. The van der Waals surface area contributed by atoms with E-state index >= 15 is 0 Å². The average Bonchev–Trinajstić information content (AvgIpc) is 2.70. The highest BCUT2D eigenvalue weighted by Crippen LogP contribution is 2.09. The molecule has 17 heavy (non-hydrogen) atoms. The van der Waals surface area contributed by atoms with Gasteiger partial charge in [0.15, 0.2) is 0 Å². The number of aromatic nitrogens is 2. The summed E-state index contributed by atoms with van der Waals surface area (Å²) in [4.78, 5) is 0. The van der Waals surface area contributed by atoms with Gasteiger partial charge in [0.2, 0.25) is 0 Å². The van der Waals surface area contributed by atoms with Crippen molar-refractivity contribution in [2.75, 3.05) is 0 Å². The van der Waals surface area contributed by atoms with Crippen LogP contribution in [0.15, 0.2) is 30.3 Å². The summed E-state index contributed by atoms with van der Waals surface area (Å²) in [6.07, 6.45) is 0. The molecule has 2 aromatic rings. The Balaban J connectivity index is 2.25. The van der Waals surface area contributed by atoms with Crippen molar-refractivity contribution in [3.8, 4) is 6.07 Å². The van der Waals surface area contributed by atoms with Gasteiger partial charge >= 0.3 is 0 Å². The van der Waals surface area contributed by atoms with E-state index in [1.54, 1.807) is 6.07 Å². The van der Waals surface area contributed by atoms with E-state index in [4.69, 9.17) is 10.4 Å². The van der Waals surface area contributed by atoms with Crippen LogP contribution in [0.25, 0.3) is 0 Å². The van der Waals surface area contributed by atoms with E-state index in [0.717, 1.165) is 11.3 Å². The highest BCUT2D eigenvalue weighted by molar-refractivity contribution is 5.33. The second-order valence-corrected chi connectivity index (χ2v) is 3.91. The fourth-order valence-corrected chi connectivity index (χ4v) is 1.73. The number of hydrogen-bond donors (Lipinski definition) is 1. The van der Waals surface area contributed by atoms with Crippen molar-refractivity contribution < 1.29 is 5.11 Å². The van der Waals surface area contributed by atoms with E-state index in [9.17, 15) is 0 Å². The third-order valence-electron chi connectivity index (χ3n) is 2.58. The van der Waals surface area contributed by atoms with Crippen LogP contribution in [0.1, 0.15) is 22.5 Å². The Morgan fingerprint density at radius 1 is 1.41 bits per heavy atom. The second-order valence-electron chi connectivity index (χ2n) is 3.91. The first-order valence-corrected chi connectivity index (χ1v) is 5.36. The smallest absolute Gasteiger partial charge is 0.0991 e. The highest BCUT2D eigenvalue weighted by Gasteiger charge is 2.04. The lowest BCUT2D eigenvalue weighted by atomic mass is 10.1. The van der Waals surface area contributed by atoms with Crippen LogP contribution in [0.3, 0.4) is 0 Å². The minimum Gasteiger partial charge on any atom is -0.390 e.